The van der Waals surface area contributed by atoms with Gasteiger partial charge in [-0.25, -0.2) is 4.79 Å². The maximum Gasteiger partial charge on any atom is 0.376 e. The van der Waals surface area contributed by atoms with Crippen LogP contribution in [-0.2, 0) is 4.74 Å². The van der Waals surface area contributed by atoms with Crippen LogP contribution in [0.2, 0.25) is 5.02 Å². The molecule has 0 aliphatic rings. The molecule has 3 aromatic rings. The number of anilines is 2. The number of pyridine rings is 1. The van der Waals surface area contributed by atoms with Gasteiger partial charge in [0, 0.05) is 12.4 Å². The highest BCUT2D eigenvalue weighted by atomic mass is 35.5. The number of nitrogens with zero attached hydrogens (tertiary/aromatic N) is 1. The van der Waals surface area contributed by atoms with Crippen molar-refractivity contribution in [1.82, 2.24) is 4.98 Å². The van der Waals surface area contributed by atoms with E-state index in [0.29, 0.717) is 27.4 Å². The Labute approximate surface area is 152 Å². The molecule has 6 heteroatoms. The number of nitrogens with one attached hydrogen (secondary N) is 1. The number of aromatic nitrogens is 1. The van der Waals surface area contributed by atoms with E-state index in [4.69, 9.17) is 20.8 Å². The first-order valence-corrected chi connectivity index (χ1v) is 8.54. The second-order valence-electron chi connectivity index (χ2n) is 5.01. The molecule has 0 amide bonds. The quantitative estimate of drug-likeness (QED) is 0.601. The van der Waals surface area contributed by atoms with E-state index >= 15 is 0 Å². The SMILES string of the molecule is CC.CCOC(=O)c1oc2ccncc2c1Nc1ccc(C)cc1Cl. The topological polar surface area (TPSA) is 64.4 Å². The van der Waals surface area contributed by atoms with Crippen LogP contribution in [-0.4, -0.2) is 17.6 Å². The summed E-state index contributed by atoms with van der Waals surface area (Å²) in [6.07, 6.45) is 3.23. The Bertz CT molecular complexity index is 874. The van der Waals surface area contributed by atoms with Crippen LogP contribution >= 0.6 is 11.6 Å². The summed E-state index contributed by atoms with van der Waals surface area (Å²) in [4.78, 5) is 16.2. The highest BCUT2D eigenvalue weighted by Gasteiger charge is 2.22. The molecule has 0 unspecified atom stereocenters. The van der Waals surface area contributed by atoms with Crippen LogP contribution in [0.3, 0.4) is 0 Å². The highest BCUT2D eigenvalue weighted by Crippen LogP contribution is 2.35. The van der Waals surface area contributed by atoms with Crippen LogP contribution in [0.4, 0.5) is 11.4 Å². The monoisotopic (exact) mass is 360 g/mol. The van der Waals surface area contributed by atoms with Gasteiger partial charge in [0.25, 0.3) is 0 Å². The van der Waals surface area contributed by atoms with E-state index < -0.39 is 5.97 Å². The van der Waals surface area contributed by atoms with Gasteiger partial charge in [-0.15, -0.1) is 0 Å². The molecule has 0 bridgehead atoms. The van der Waals surface area contributed by atoms with Crippen LogP contribution < -0.4 is 5.32 Å². The molecule has 5 nitrogen and oxygen atoms in total. The predicted molar refractivity (Wildman–Crippen MR) is 101 cm³/mol. The normalized spacial score (nSPS) is 10.1. The Hall–Kier alpha value is -2.53. The molecule has 0 saturated carbocycles. The van der Waals surface area contributed by atoms with Crippen molar-refractivity contribution >= 4 is 39.9 Å². The zero-order valence-corrected chi connectivity index (χ0v) is 15.5. The average Bonchev–Trinajstić information content (AvgIpc) is 2.98. The van der Waals surface area contributed by atoms with Gasteiger partial charge in [0.15, 0.2) is 0 Å². The number of fused-ring (bicyclic) bond motifs is 1. The summed E-state index contributed by atoms with van der Waals surface area (Å²) in [5.41, 5.74) is 2.77. The van der Waals surface area contributed by atoms with E-state index in [9.17, 15) is 4.79 Å². The summed E-state index contributed by atoms with van der Waals surface area (Å²) in [5.74, 6) is -0.430. The maximum atomic E-state index is 12.2. The summed E-state index contributed by atoms with van der Waals surface area (Å²) in [7, 11) is 0. The Balaban J connectivity index is 0.00000109. The molecule has 0 radical (unpaired) electrons. The van der Waals surface area contributed by atoms with E-state index in [0.717, 1.165) is 5.56 Å². The van der Waals surface area contributed by atoms with Crippen LogP contribution in [0.15, 0.2) is 41.1 Å². The zero-order valence-electron chi connectivity index (χ0n) is 14.7. The third-order valence-electron chi connectivity index (χ3n) is 3.33. The van der Waals surface area contributed by atoms with Crippen molar-refractivity contribution in [2.24, 2.45) is 0 Å². The second kappa shape index (κ2) is 8.53. The third kappa shape index (κ3) is 4.12. The largest absolute Gasteiger partial charge is 0.460 e. The Morgan fingerprint density at radius 3 is 2.76 bits per heavy atom. The number of aryl methyl sites for hydroxylation is 1. The summed E-state index contributed by atoms with van der Waals surface area (Å²) < 4.78 is 10.7. The van der Waals surface area contributed by atoms with Crippen molar-refractivity contribution in [3.05, 3.63) is 53.0 Å². The van der Waals surface area contributed by atoms with Crippen LogP contribution in [0.5, 0.6) is 0 Å². The zero-order chi connectivity index (χ0) is 18.4. The Morgan fingerprint density at radius 1 is 1.32 bits per heavy atom. The van der Waals surface area contributed by atoms with Gasteiger partial charge in [0.1, 0.15) is 11.3 Å². The standard InChI is InChI=1S/C17H15ClN2O3.C2H6/c1-3-22-17(21)16-15(11-9-19-7-6-14(11)23-16)20-13-5-4-10(2)8-12(13)18;1-2/h4-9,20H,3H2,1-2H3;1-2H3. The van der Waals surface area contributed by atoms with Gasteiger partial charge in [-0.05, 0) is 37.6 Å². The number of halogens is 1. The molecule has 3 rings (SSSR count). The lowest BCUT2D eigenvalue weighted by atomic mass is 10.2. The minimum atomic E-state index is -0.533. The number of ether oxygens (including phenoxy) is 1. The van der Waals surface area contributed by atoms with Gasteiger partial charge in [-0.2, -0.15) is 0 Å². The minimum absolute atomic E-state index is 0.103. The second-order valence-corrected chi connectivity index (χ2v) is 5.41. The van der Waals surface area contributed by atoms with Gasteiger partial charge in [0.05, 0.1) is 22.7 Å². The molecule has 25 heavy (non-hydrogen) atoms. The van der Waals surface area contributed by atoms with E-state index in [1.54, 1.807) is 25.4 Å². The lowest BCUT2D eigenvalue weighted by Crippen LogP contribution is -2.06. The summed E-state index contributed by atoms with van der Waals surface area (Å²) >= 11 is 6.27. The van der Waals surface area contributed by atoms with Gasteiger partial charge >= 0.3 is 5.97 Å². The molecule has 0 saturated heterocycles. The predicted octanol–water partition coefficient (Wildman–Crippen LogP) is 5.74. The van der Waals surface area contributed by atoms with Crippen molar-refractivity contribution in [1.29, 1.82) is 0 Å². The Morgan fingerprint density at radius 2 is 2.08 bits per heavy atom. The first-order valence-electron chi connectivity index (χ1n) is 8.17. The van der Waals surface area contributed by atoms with E-state index in [1.807, 2.05) is 39.0 Å². The number of rotatable bonds is 4. The summed E-state index contributed by atoms with van der Waals surface area (Å²) in [6, 6.07) is 7.31. The van der Waals surface area contributed by atoms with Gasteiger partial charge in [0.2, 0.25) is 5.76 Å². The number of hydrogen-bond donors (Lipinski definition) is 1. The lowest BCUT2D eigenvalue weighted by molar-refractivity contribution is 0.0494. The number of esters is 1. The minimum Gasteiger partial charge on any atom is -0.460 e. The Kier molecular flexibility index (Phi) is 6.42. The summed E-state index contributed by atoms with van der Waals surface area (Å²) in [5, 5.41) is 4.40. The molecule has 0 aliphatic heterocycles. The molecule has 0 fully saturated rings. The third-order valence-corrected chi connectivity index (χ3v) is 3.65. The van der Waals surface area contributed by atoms with Crippen LogP contribution in [0, 0.1) is 6.92 Å². The highest BCUT2D eigenvalue weighted by molar-refractivity contribution is 6.33. The van der Waals surface area contributed by atoms with E-state index in [-0.39, 0.29) is 12.4 Å². The molecular weight excluding hydrogens is 340 g/mol. The van der Waals surface area contributed by atoms with Crippen molar-refractivity contribution in [2.75, 3.05) is 11.9 Å². The van der Waals surface area contributed by atoms with Gasteiger partial charge in [-0.3, -0.25) is 4.98 Å². The van der Waals surface area contributed by atoms with Crippen molar-refractivity contribution in [3.8, 4) is 0 Å². The number of carbonyl (C=O) groups excluding carboxylic acids is 1. The molecule has 0 atom stereocenters. The van der Waals surface area contributed by atoms with Crippen LogP contribution in [0.1, 0.15) is 36.9 Å². The van der Waals surface area contributed by atoms with Crippen LogP contribution in [0.25, 0.3) is 11.0 Å². The molecule has 2 aromatic heterocycles. The fourth-order valence-corrected chi connectivity index (χ4v) is 2.54. The number of carbonyl (C=O) groups is 1. The van der Waals surface area contributed by atoms with E-state index in [1.165, 1.54) is 0 Å². The molecule has 2 heterocycles. The number of benzene rings is 1. The van der Waals surface area contributed by atoms with E-state index in [2.05, 4.69) is 10.3 Å². The summed E-state index contributed by atoms with van der Waals surface area (Å²) in [6.45, 7) is 7.96. The van der Waals surface area contributed by atoms with Crippen molar-refractivity contribution in [2.45, 2.75) is 27.7 Å². The first kappa shape index (κ1) is 18.8. The fraction of sp³-hybridized carbons (Fsp3) is 0.263. The molecule has 1 N–H and O–H groups in total. The molecule has 132 valence electrons. The number of hydrogen-bond acceptors (Lipinski definition) is 5. The lowest BCUT2D eigenvalue weighted by Gasteiger charge is -2.09. The number of furan rings is 1. The molecule has 0 aliphatic carbocycles. The molecule has 1 aromatic carbocycles. The van der Waals surface area contributed by atoms with Crippen molar-refractivity contribution < 1.29 is 13.9 Å². The average molecular weight is 361 g/mol. The molecule has 0 spiro atoms. The van der Waals surface area contributed by atoms with Crippen molar-refractivity contribution in [3.63, 3.8) is 0 Å². The van der Waals surface area contributed by atoms with Gasteiger partial charge < -0.3 is 14.5 Å². The molecular formula is C19H21ClN2O3. The maximum absolute atomic E-state index is 12.2. The first-order chi connectivity index (χ1) is 12.1. The van der Waals surface area contributed by atoms with Gasteiger partial charge in [-0.1, -0.05) is 31.5 Å². The fourth-order valence-electron chi connectivity index (χ4n) is 2.26. The smallest absolute Gasteiger partial charge is 0.376 e.